The van der Waals surface area contributed by atoms with Crippen molar-refractivity contribution >= 4 is 28.9 Å². The number of anilines is 1. The SMILES string of the molecule is CN=C(NCc1ccsc1)NCc1cccc(NC(=O)CC(C)C)c1. The second-order valence-corrected chi connectivity index (χ2v) is 7.04. The first kappa shape index (κ1) is 19.0. The molecule has 0 radical (unpaired) electrons. The number of hydrogen-bond acceptors (Lipinski definition) is 3. The van der Waals surface area contributed by atoms with Crippen LogP contribution in [0.25, 0.3) is 0 Å². The molecule has 0 unspecified atom stereocenters. The number of carbonyl (C=O) groups excluding carboxylic acids is 1. The van der Waals surface area contributed by atoms with E-state index in [0.29, 0.717) is 18.9 Å². The third kappa shape index (κ3) is 6.97. The first-order valence-electron chi connectivity index (χ1n) is 8.41. The van der Waals surface area contributed by atoms with Gasteiger partial charge in [-0.05, 0) is 46.0 Å². The van der Waals surface area contributed by atoms with Gasteiger partial charge in [-0.2, -0.15) is 11.3 Å². The van der Waals surface area contributed by atoms with Crippen molar-refractivity contribution in [3.63, 3.8) is 0 Å². The normalized spacial score (nSPS) is 11.4. The maximum atomic E-state index is 11.9. The van der Waals surface area contributed by atoms with Crippen LogP contribution in [0.2, 0.25) is 0 Å². The summed E-state index contributed by atoms with van der Waals surface area (Å²) in [7, 11) is 1.76. The van der Waals surface area contributed by atoms with E-state index in [-0.39, 0.29) is 5.91 Å². The van der Waals surface area contributed by atoms with Gasteiger partial charge in [0.15, 0.2) is 5.96 Å². The van der Waals surface area contributed by atoms with Crippen LogP contribution in [0.5, 0.6) is 0 Å². The molecule has 3 N–H and O–H groups in total. The molecule has 6 heteroatoms. The van der Waals surface area contributed by atoms with Crippen LogP contribution in [0.15, 0.2) is 46.1 Å². The third-order valence-electron chi connectivity index (χ3n) is 3.53. The average molecular weight is 359 g/mol. The van der Waals surface area contributed by atoms with Crippen molar-refractivity contribution < 1.29 is 4.79 Å². The van der Waals surface area contributed by atoms with Gasteiger partial charge in [0, 0.05) is 32.2 Å². The molecule has 0 atom stereocenters. The van der Waals surface area contributed by atoms with Gasteiger partial charge >= 0.3 is 0 Å². The maximum Gasteiger partial charge on any atom is 0.224 e. The van der Waals surface area contributed by atoms with E-state index < -0.39 is 0 Å². The lowest BCUT2D eigenvalue weighted by atomic mass is 10.1. The quantitative estimate of drug-likeness (QED) is 0.523. The van der Waals surface area contributed by atoms with Crippen molar-refractivity contribution in [2.24, 2.45) is 10.9 Å². The molecule has 1 aromatic carbocycles. The molecular weight excluding hydrogens is 332 g/mol. The van der Waals surface area contributed by atoms with E-state index in [2.05, 4.69) is 37.8 Å². The Bertz CT molecular complexity index is 695. The molecule has 0 fully saturated rings. The zero-order chi connectivity index (χ0) is 18.1. The highest BCUT2D eigenvalue weighted by atomic mass is 32.1. The minimum absolute atomic E-state index is 0.0494. The summed E-state index contributed by atoms with van der Waals surface area (Å²) in [6.45, 7) is 5.45. The predicted octanol–water partition coefficient (Wildman–Crippen LogP) is 3.60. The largest absolute Gasteiger partial charge is 0.352 e. The minimum atomic E-state index is 0.0494. The molecule has 1 amide bonds. The summed E-state index contributed by atoms with van der Waals surface area (Å²) in [5.74, 6) is 1.15. The highest BCUT2D eigenvalue weighted by molar-refractivity contribution is 7.07. The van der Waals surface area contributed by atoms with Crippen LogP contribution < -0.4 is 16.0 Å². The Hall–Kier alpha value is -2.34. The van der Waals surface area contributed by atoms with Gasteiger partial charge < -0.3 is 16.0 Å². The van der Waals surface area contributed by atoms with Gasteiger partial charge in [-0.15, -0.1) is 0 Å². The minimum Gasteiger partial charge on any atom is -0.352 e. The molecule has 25 heavy (non-hydrogen) atoms. The van der Waals surface area contributed by atoms with E-state index in [0.717, 1.165) is 23.8 Å². The Labute approximate surface area is 153 Å². The first-order chi connectivity index (χ1) is 12.1. The number of nitrogens with zero attached hydrogens (tertiary/aromatic N) is 1. The molecule has 0 saturated heterocycles. The number of guanidine groups is 1. The van der Waals surface area contributed by atoms with Crippen LogP contribution in [-0.2, 0) is 17.9 Å². The number of hydrogen-bond donors (Lipinski definition) is 3. The third-order valence-corrected chi connectivity index (χ3v) is 4.26. The van der Waals surface area contributed by atoms with Gasteiger partial charge in [0.05, 0.1) is 0 Å². The van der Waals surface area contributed by atoms with Crippen LogP contribution in [0.4, 0.5) is 5.69 Å². The number of carbonyl (C=O) groups is 1. The molecule has 2 aromatic rings. The average Bonchev–Trinajstić information content (AvgIpc) is 3.08. The molecule has 5 nitrogen and oxygen atoms in total. The Morgan fingerprint density at radius 3 is 2.56 bits per heavy atom. The van der Waals surface area contributed by atoms with Crippen molar-refractivity contribution in [3.8, 4) is 0 Å². The number of aliphatic imine (C=N–C) groups is 1. The molecule has 0 spiro atoms. The molecule has 134 valence electrons. The molecule has 1 heterocycles. The number of benzene rings is 1. The van der Waals surface area contributed by atoms with Crippen molar-refractivity contribution in [2.45, 2.75) is 33.4 Å². The summed E-state index contributed by atoms with van der Waals surface area (Å²) >= 11 is 1.68. The molecule has 0 bridgehead atoms. The van der Waals surface area contributed by atoms with Crippen LogP contribution in [0, 0.1) is 5.92 Å². The van der Waals surface area contributed by atoms with E-state index in [1.807, 2.05) is 38.1 Å². The van der Waals surface area contributed by atoms with Gasteiger partial charge in [0.1, 0.15) is 0 Å². The molecule has 1 aromatic heterocycles. The Kier molecular flexibility index (Phi) is 7.47. The van der Waals surface area contributed by atoms with Crippen molar-refractivity contribution in [2.75, 3.05) is 12.4 Å². The summed E-state index contributed by atoms with van der Waals surface area (Å²) in [5.41, 5.74) is 3.15. The fourth-order valence-electron chi connectivity index (χ4n) is 2.33. The zero-order valence-electron chi connectivity index (χ0n) is 15.0. The van der Waals surface area contributed by atoms with Gasteiger partial charge in [-0.25, -0.2) is 0 Å². The van der Waals surface area contributed by atoms with E-state index in [1.54, 1.807) is 18.4 Å². The van der Waals surface area contributed by atoms with Crippen LogP contribution in [-0.4, -0.2) is 18.9 Å². The standard InChI is InChI=1S/C19H26N4OS/c1-14(2)9-18(24)23-17-6-4-5-15(10-17)11-21-19(20-3)22-12-16-7-8-25-13-16/h4-8,10,13-14H,9,11-12H2,1-3H3,(H,23,24)(H2,20,21,22). The van der Waals surface area contributed by atoms with Crippen molar-refractivity contribution in [1.29, 1.82) is 0 Å². The van der Waals surface area contributed by atoms with E-state index in [9.17, 15) is 4.79 Å². The second-order valence-electron chi connectivity index (χ2n) is 6.26. The fourth-order valence-corrected chi connectivity index (χ4v) is 3.00. The smallest absolute Gasteiger partial charge is 0.224 e. The lowest BCUT2D eigenvalue weighted by Gasteiger charge is -2.12. The summed E-state index contributed by atoms with van der Waals surface area (Å²) in [6, 6.07) is 9.96. The number of nitrogens with one attached hydrogen (secondary N) is 3. The summed E-state index contributed by atoms with van der Waals surface area (Å²) in [5, 5.41) is 13.7. The van der Waals surface area contributed by atoms with E-state index in [1.165, 1.54) is 5.56 Å². The van der Waals surface area contributed by atoms with Gasteiger partial charge in [0.25, 0.3) is 0 Å². The Morgan fingerprint density at radius 2 is 1.92 bits per heavy atom. The molecule has 0 aliphatic carbocycles. The van der Waals surface area contributed by atoms with Crippen molar-refractivity contribution in [1.82, 2.24) is 10.6 Å². The van der Waals surface area contributed by atoms with Crippen LogP contribution >= 0.6 is 11.3 Å². The van der Waals surface area contributed by atoms with Gasteiger partial charge in [0.2, 0.25) is 5.91 Å². The van der Waals surface area contributed by atoms with Crippen molar-refractivity contribution in [3.05, 3.63) is 52.2 Å². The summed E-state index contributed by atoms with van der Waals surface area (Å²) in [4.78, 5) is 16.1. The highest BCUT2D eigenvalue weighted by Crippen LogP contribution is 2.12. The number of thiophene rings is 1. The molecule has 0 aliphatic rings. The Morgan fingerprint density at radius 1 is 1.16 bits per heavy atom. The molecule has 0 saturated carbocycles. The summed E-state index contributed by atoms with van der Waals surface area (Å²) in [6.07, 6.45) is 0.529. The second kappa shape index (κ2) is 9.84. The number of rotatable bonds is 7. The predicted molar refractivity (Wildman–Crippen MR) is 106 cm³/mol. The lowest BCUT2D eigenvalue weighted by Crippen LogP contribution is -2.36. The lowest BCUT2D eigenvalue weighted by molar-refractivity contribution is -0.116. The monoisotopic (exact) mass is 358 g/mol. The van der Waals surface area contributed by atoms with E-state index in [4.69, 9.17) is 0 Å². The zero-order valence-corrected chi connectivity index (χ0v) is 15.8. The fraction of sp³-hybridized carbons (Fsp3) is 0.368. The van der Waals surface area contributed by atoms with Crippen LogP contribution in [0.3, 0.4) is 0 Å². The molecule has 2 rings (SSSR count). The molecular formula is C19H26N4OS. The van der Waals surface area contributed by atoms with Gasteiger partial charge in [-0.1, -0.05) is 26.0 Å². The summed E-state index contributed by atoms with van der Waals surface area (Å²) < 4.78 is 0. The Balaban J connectivity index is 1.84. The molecule has 0 aliphatic heterocycles. The number of amides is 1. The maximum absolute atomic E-state index is 11.9. The van der Waals surface area contributed by atoms with Crippen LogP contribution in [0.1, 0.15) is 31.4 Å². The van der Waals surface area contributed by atoms with E-state index >= 15 is 0 Å². The highest BCUT2D eigenvalue weighted by Gasteiger charge is 2.06. The van der Waals surface area contributed by atoms with Gasteiger partial charge in [-0.3, -0.25) is 9.79 Å². The first-order valence-corrected chi connectivity index (χ1v) is 9.35. The topological polar surface area (TPSA) is 65.5 Å².